The molecule has 0 bridgehead atoms. The summed E-state index contributed by atoms with van der Waals surface area (Å²) in [6.07, 6.45) is -0.255. The van der Waals surface area contributed by atoms with Gasteiger partial charge in [0.1, 0.15) is 0 Å². The van der Waals surface area contributed by atoms with Crippen LogP contribution in [0.2, 0.25) is 0 Å². The van der Waals surface area contributed by atoms with Gasteiger partial charge in [-0.1, -0.05) is 0 Å². The summed E-state index contributed by atoms with van der Waals surface area (Å²) in [6.45, 7) is 1.92. The molecule has 7 heteroatoms. The molecule has 0 aromatic rings. The lowest BCUT2D eigenvalue weighted by molar-refractivity contribution is -0.0515. The van der Waals surface area contributed by atoms with E-state index in [-0.39, 0.29) is 30.2 Å². The highest BCUT2D eigenvalue weighted by Gasteiger charge is 2.28. The summed E-state index contributed by atoms with van der Waals surface area (Å²) in [5.41, 5.74) is -4.15. The Kier molecular flexibility index (Phi) is 5.17. The van der Waals surface area contributed by atoms with Crippen molar-refractivity contribution >= 4 is 11.8 Å². The second-order valence-electron chi connectivity index (χ2n) is 3.27. The lowest BCUT2D eigenvalue weighted by Gasteiger charge is -2.31. The van der Waals surface area contributed by atoms with Crippen molar-refractivity contribution in [3.05, 3.63) is 0 Å². The van der Waals surface area contributed by atoms with Crippen LogP contribution in [0.25, 0.3) is 0 Å². The first kappa shape index (κ1) is 13.1. The van der Waals surface area contributed by atoms with Crippen molar-refractivity contribution in [2.24, 2.45) is 0 Å². The summed E-state index contributed by atoms with van der Waals surface area (Å²) < 4.78 is 40.7. The minimum absolute atomic E-state index is 0.00894. The van der Waals surface area contributed by atoms with Crippen LogP contribution in [-0.4, -0.2) is 60.2 Å². The zero-order valence-corrected chi connectivity index (χ0v) is 8.98. The van der Waals surface area contributed by atoms with Gasteiger partial charge in [0, 0.05) is 25.4 Å². The minimum Gasteiger partial charge on any atom is -0.394 e. The molecular formula is C8H14F3NO2S. The summed E-state index contributed by atoms with van der Waals surface area (Å²) in [5, 5.41) is 8.83. The molecule has 0 radical (unpaired) electrons. The predicted octanol–water partition coefficient (Wildman–Crippen LogP) is 0.933. The van der Waals surface area contributed by atoms with Gasteiger partial charge in [-0.05, 0) is 11.8 Å². The molecule has 1 atom stereocenters. The number of ether oxygens (including phenoxy) is 1. The summed E-state index contributed by atoms with van der Waals surface area (Å²) in [7, 11) is 0. The number of nitrogens with zero attached hydrogens (tertiary/aromatic N) is 1. The van der Waals surface area contributed by atoms with Crippen LogP contribution in [0.15, 0.2) is 0 Å². The van der Waals surface area contributed by atoms with Crippen LogP contribution in [0.4, 0.5) is 13.2 Å². The molecule has 1 aliphatic rings. The maximum absolute atomic E-state index is 11.8. The van der Waals surface area contributed by atoms with E-state index in [0.29, 0.717) is 26.2 Å². The number of thioether (sulfide) groups is 1. The van der Waals surface area contributed by atoms with Crippen LogP contribution < -0.4 is 0 Å². The Bertz CT molecular complexity index is 191. The molecule has 1 heterocycles. The number of aliphatic hydroxyl groups excluding tert-OH is 1. The molecule has 0 amide bonds. The molecule has 1 N–H and O–H groups in total. The standard InChI is InChI=1S/C8H14F3NO2S/c9-8(10,11)15-4-2-12-1-3-14-7(5-12)6-13/h7,13H,1-6H2. The Morgan fingerprint density at radius 2 is 2.20 bits per heavy atom. The maximum Gasteiger partial charge on any atom is 0.441 e. The smallest absolute Gasteiger partial charge is 0.394 e. The Morgan fingerprint density at radius 3 is 2.80 bits per heavy atom. The average Bonchev–Trinajstić information content (AvgIpc) is 2.16. The zero-order chi connectivity index (χ0) is 11.3. The van der Waals surface area contributed by atoms with Gasteiger partial charge in [0.25, 0.3) is 0 Å². The van der Waals surface area contributed by atoms with Crippen molar-refractivity contribution in [2.75, 3.05) is 38.6 Å². The molecule has 0 spiro atoms. The number of morpholine rings is 1. The lowest BCUT2D eigenvalue weighted by Crippen LogP contribution is -2.44. The first-order chi connectivity index (χ1) is 7.01. The lowest BCUT2D eigenvalue weighted by atomic mass is 10.3. The molecule has 1 fully saturated rings. The van der Waals surface area contributed by atoms with Gasteiger partial charge in [0.2, 0.25) is 0 Å². The van der Waals surface area contributed by atoms with Crippen molar-refractivity contribution in [2.45, 2.75) is 11.6 Å². The quantitative estimate of drug-likeness (QED) is 0.799. The van der Waals surface area contributed by atoms with E-state index in [1.807, 2.05) is 4.90 Å². The first-order valence-electron chi connectivity index (χ1n) is 4.67. The van der Waals surface area contributed by atoms with E-state index in [1.54, 1.807) is 0 Å². The van der Waals surface area contributed by atoms with Crippen LogP contribution in [0.5, 0.6) is 0 Å². The van der Waals surface area contributed by atoms with Crippen LogP contribution in [-0.2, 0) is 4.74 Å². The van der Waals surface area contributed by atoms with Crippen LogP contribution >= 0.6 is 11.8 Å². The second-order valence-corrected chi connectivity index (χ2v) is 4.43. The van der Waals surface area contributed by atoms with Gasteiger partial charge >= 0.3 is 5.51 Å². The van der Waals surface area contributed by atoms with Gasteiger partial charge in [-0.15, -0.1) is 0 Å². The fourth-order valence-corrected chi connectivity index (χ4v) is 1.97. The van der Waals surface area contributed by atoms with E-state index in [4.69, 9.17) is 9.84 Å². The molecule has 0 aliphatic carbocycles. The van der Waals surface area contributed by atoms with E-state index in [1.165, 1.54) is 0 Å². The van der Waals surface area contributed by atoms with Crippen LogP contribution in [0, 0.1) is 0 Å². The molecule has 1 saturated heterocycles. The summed E-state index contributed by atoms with van der Waals surface area (Å²) in [4.78, 5) is 1.88. The summed E-state index contributed by atoms with van der Waals surface area (Å²) in [6, 6.07) is 0. The number of rotatable bonds is 4. The maximum atomic E-state index is 11.8. The molecule has 1 aliphatic heterocycles. The van der Waals surface area contributed by atoms with Crippen molar-refractivity contribution < 1.29 is 23.0 Å². The van der Waals surface area contributed by atoms with Gasteiger partial charge < -0.3 is 9.84 Å². The molecule has 0 aromatic heterocycles. The molecule has 1 unspecified atom stereocenters. The summed E-state index contributed by atoms with van der Waals surface area (Å²) in [5.74, 6) is 0.0294. The van der Waals surface area contributed by atoms with Gasteiger partial charge in [-0.25, -0.2) is 0 Å². The van der Waals surface area contributed by atoms with Crippen molar-refractivity contribution in [3.8, 4) is 0 Å². The molecule has 1 rings (SSSR count). The van der Waals surface area contributed by atoms with Crippen LogP contribution in [0.1, 0.15) is 0 Å². The average molecular weight is 245 g/mol. The van der Waals surface area contributed by atoms with Gasteiger partial charge in [0.05, 0.1) is 19.3 Å². The third-order valence-corrected chi connectivity index (χ3v) is 2.81. The Hall–Kier alpha value is 0.0200. The Balaban J connectivity index is 2.15. The van der Waals surface area contributed by atoms with Crippen molar-refractivity contribution in [1.82, 2.24) is 4.90 Å². The van der Waals surface area contributed by atoms with Gasteiger partial charge in [0.15, 0.2) is 0 Å². The highest BCUT2D eigenvalue weighted by atomic mass is 32.2. The van der Waals surface area contributed by atoms with Crippen molar-refractivity contribution in [1.29, 1.82) is 0 Å². The SMILES string of the molecule is OCC1CN(CCSC(F)(F)F)CCO1. The van der Waals surface area contributed by atoms with E-state index >= 15 is 0 Å². The largest absolute Gasteiger partial charge is 0.441 e. The topological polar surface area (TPSA) is 32.7 Å². The van der Waals surface area contributed by atoms with E-state index in [0.717, 1.165) is 0 Å². The van der Waals surface area contributed by atoms with E-state index in [2.05, 4.69) is 0 Å². The third kappa shape index (κ3) is 5.60. The van der Waals surface area contributed by atoms with E-state index in [9.17, 15) is 13.2 Å². The zero-order valence-electron chi connectivity index (χ0n) is 8.16. The van der Waals surface area contributed by atoms with E-state index < -0.39 is 5.51 Å². The molecule has 15 heavy (non-hydrogen) atoms. The molecule has 0 saturated carbocycles. The molecule has 0 aromatic carbocycles. The number of halogens is 3. The highest BCUT2D eigenvalue weighted by Crippen LogP contribution is 2.29. The van der Waals surface area contributed by atoms with Crippen molar-refractivity contribution in [3.63, 3.8) is 0 Å². The number of aliphatic hydroxyl groups is 1. The highest BCUT2D eigenvalue weighted by molar-refractivity contribution is 8.00. The second kappa shape index (κ2) is 5.93. The van der Waals surface area contributed by atoms with Gasteiger partial charge in [-0.3, -0.25) is 4.90 Å². The molecule has 90 valence electrons. The Morgan fingerprint density at radius 1 is 1.47 bits per heavy atom. The summed E-state index contributed by atoms with van der Waals surface area (Å²) >= 11 is -0.00894. The molecular weight excluding hydrogens is 231 g/mol. The van der Waals surface area contributed by atoms with Gasteiger partial charge in [-0.2, -0.15) is 13.2 Å². The van der Waals surface area contributed by atoms with Crippen LogP contribution in [0.3, 0.4) is 0 Å². The third-order valence-electron chi connectivity index (χ3n) is 2.10. The Labute approximate surface area is 90.6 Å². The number of hydrogen-bond donors (Lipinski definition) is 1. The fraction of sp³-hybridized carbons (Fsp3) is 1.00. The monoisotopic (exact) mass is 245 g/mol. The fourth-order valence-electron chi connectivity index (χ4n) is 1.38. The minimum atomic E-state index is -4.15. The predicted molar refractivity (Wildman–Crippen MR) is 51.8 cm³/mol. The number of hydrogen-bond acceptors (Lipinski definition) is 4. The number of alkyl halides is 3. The first-order valence-corrected chi connectivity index (χ1v) is 5.65. The normalized spacial score (nSPS) is 24.4. The molecule has 3 nitrogen and oxygen atoms in total.